The average molecular weight is 317 g/mol. The minimum Gasteiger partial charge on any atom is -0.484 e. The summed E-state index contributed by atoms with van der Waals surface area (Å²) in [7, 11) is 0. The molecule has 1 saturated heterocycles. The van der Waals surface area contributed by atoms with E-state index in [-0.39, 0.29) is 6.10 Å². The van der Waals surface area contributed by atoms with Crippen molar-refractivity contribution in [2.75, 3.05) is 19.6 Å². The van der Waals surface area contributed by atoms with E-state index in [1.165, 1.54) is 42.3 Å². The van der Waals surface area contributed by atoms with Crippen LogP contribution in [0.2, 0.25) is 0 Å². The molecule has 0 radical (unpaired) electrons. The van der Waals surface area contributed by atoms with E-state index in [0.717, 1.165) is 12.3 Å². The number of likely N-dealkylation sites (tertiary alicyclic amines) is 1. The topological polar surface area (TPSA) is 12.5 Å². The zero-order valence-electron chi connectivity index (χ0n) is 13.9. The Morgan fingerprint density at radius 2 is 1.50 bits per heavy atom. The van der Waals surface area contributed by atoms with Gasteiger partial charge in [0, 0.05) is 11.9 Å². The van der Waals surface area contributed by atoms with Gasteiger partial charge < -0.3 is 4.74 Å². The molecule has 4 rings (SSSR count). The van der Waals surface area contributed by atoms with Crippen LogP contribution >= 0.6 is 0 Å². The van der Waals surface area contributed by atoms with Crippen LogP contribution in [0.3, 0.4) is 0 Å². The molecule has 0 bridgehead atoms. The summed E-state index contributed by atoms with van der Waals surface area (Å²) >= 11 is 0. The summed E-state index contributed by atoms with van der Waals surface area (Å²) in [6.45, 7) is 3.32. The molecule has 24 heavy (non-hydrogen) atoms. The first-order chi connectivity index (χ1) is 11.9. The van der Waals surface area contributed by atoms with Gasteiger partial charge in [0.15, 0.2) is 0 Å². The van der Waals surface area contributed by atoms with Gasteiger partial charge in [0.2, 0.25) is 0 Å². The Bertz CT molecular complexity index is 788. The summed E-state index contributed by atoms with van der Waals surface area (Å²) in [5, 5.41) is 2.41. The third kappa shape index (κ3) is 3.29. The molecule has 1 fully saturated rings. The van der Waals surface area contributed by atoms with Crippen molar-refractivity contribution in [1.29, 1.82) is 0 Å². The molecule has 2 heteroatoms. The molecule has 1 heterocycles. The molecule has 1 aliphatic rings. The van der Waals surface area contributed by atoms with Gasteiger partial charge in [-0.05, 0) is 42.9 Å². The number of hydrogen-bond acceptors (Lipinski definition) is 2. The van der Waals surface area contributed by atoms with Crippen LogP contribution in [0.4, 0.5) is 0 Å². The molecule has 122 valence electrons. The zero-order chi connectivity index (χ0) is 16.2. The van der Waals surface area contributed by atoms with E-state index in [1.54, 1.807) is 0 Å². The van der Waals surface area contributed by atoms with Crippen molar-refractivity contribution < 1.29 is 4.74 Å². The summed E-state index contributed by atoms with van der Waals surface area (Å²) in [6.07, 6.45) is 2.67. The van der Waals surface area contributed by atoms with Crippen LogP contribution in [-0.2, 0) is 0 Å². The number of ether oxygens (including phenoxy) is 1. The molecule has 0 saturated carbocycles. The van der Waals surface area contributed by atoms with Gasteiger partial charge in [-0.25, -0.2) is 0 Å². The molecule has 0 spiro atoms. The summed E-state index contributed by atoms with van der Waals surface area (Å²) in [5.74, 6) is 0.973. The van der Waals surface area contributed by atoms with Gasteiger partial charge in [-0.1, -0.05) is 66.7 Å². The van der Waals surface area contributed by atoms with Crippen LogP contribution in [0.25, 0.3) is 10.8 Å². The maximum absolute atomic E-state index is 6.53. The SMILES string of the molecule is c1ccc(C(CN2CCCC2)Oc2cccc3ccccc23)cc1. The summed E-state index contributed by atoms with van der Waals surface area (Å²) in [4.78, 5) is 2.52. The lowest BCUT2D eigenvalue weighted by Gasteiger charge is -2.25. The Hall–Kier alpha value is -2.32. The van der Waals surface area contributed by atoms with Gasteiger partial charge >= 0.3 is 0 Å². The second-order valence-corrected chi connectivity index (χ2v) is 6.50. The van der Waals surface area contributed by atoms with Crippen molar-refractivity contribution in [2.45, 2.75) is 18.9 Å². The molecule has 1 unspecified atom stereocenters. The summed E-state index contributed by atoms with van der Waals surface area (Å²) in [5.41, 5.74) is 1.25. The van der Waals surface area contributed by atoms with Crippen LogP contribution in [-0.4, -0.2) is 24.5 Å². The number of fused-ring (bicyclic) bond motifs is 1. The van der Waals surface area contributed by atoms with E-state index in [4.69, 9.17) is 4.74 Å². The number of nitrogens with zero attached hydrogens (tertiary/aromatic N) is 1. The quantitative estimate of drug-likeness (QED) is 0.652. The van der Waals surface area contributed by atoms with Crippen LogP contribution in [0.1, 0.15) is 24.5 Å². The van der Waals surface area contributed by atoms with Crippen LogP contribution in [0.15, 0.2) is 72.8 Å². The van der Waals surface area contributed by atoms with E-state index >= 15 is 0 Å². The van der Waals surface area contributed by atoms with Crippen molar-refractivity contribution in [1.82, 2.24) is 4.90 Å². The molecule has 0 amide bonds. The predicted octanol–water partition coefficient (Wildman–Crippen LogP) is 5.06. The van der Waals surface area contributed by atoms with Crippen molar-refractivity contribution in [2.24, 2.45) is 0 Å². The van der Waals surface area contributed by atoms with E-state index < -0.39 is 0 Å². The van der Waals surface area contributed by atoms with Crippen molar-refractivity contribution in [3.8, 4) is 5.75 Å². The van der Waals surface area contributed by atoms with E-state index in [0.29, 0.717) is 0 Å². The molecule has 3 aromatic carbocycles. The largest absolute Gasteiger partial charge is 0.484 e. The average Bonchev–Trinajstić information content (AvgIpc) is 3.15. The Labute approximate surface area is 143 Å². The molecule has 0 aromatic heterocycles. The lowest BCUT2D eigenvalue weighted by atomic mass is 10.1. The van der Waals surface area contributed by atoms with Crippen LogP contribution < -0.4 is 4.74 Å². The van der Waals surface area contributed by atoms with Gasteiger partial charge in [0.1, 0.15) is 11.9 Å². The van der Waals surface area contributed by atoms with Gasteiger partial charge in [-0.3, -0.25) is 4.90 Å². The normalized spacial score (nSPS) is 16.3. The fraction of sp³-hybridized carbons (Fsp3) is 0.273. The summed E-state index contributed by atoms with van der Waals surface area (Å²) < 4.78 is 6.53. The first-order valence-corrected chi connectivity index (χ1v) is 8.82. The van der Waals surface area contributed by atoms with Gasteiger partial charge in [-0.15, -0.1) is 0 Å². The lowest BCUT2D eigenvalue weighted by Crippen LogP contribution is -2.28. The minimum absolute atomic E-state index is 0.0649. The highest BCUT2D eigenvalue weighted by atomic mass is 16.5. The third-order valence-corrected chi connectivity index (χ3v) is 4.81. The fourth-order valence-corrected chi connectivity index (χ4v) is 3.53. The van der Waals surface area contributed by atoms with E-state index in [2.05, 4.69) is 77.7 Å². The number of hydrogen-bond donors (Lipinski definition) is 0. The maximum Gasteiger partial charge on any atom is 0.136 e. The Morgan fingerprint density at radius 3 is 2.33 bits per heavy atom. The van der Waals surface area contributed by atoms with E-state index in [1.807, 2.05) is 0 Å². The van der Waals surface area contributed by atoms with Crippen molar-refractivity contribution >= 4 is 10.8 Å². The molecule has 0 aliphatic carbocycles. The summed E-state index contributed by atoms with van der Waals surface area (Å²) in [6, 6.07) is 25.3. The van der Waals surface area contributed by atoms with Gasteiger partial charge in [0.25, 0.3) is 0 Å². The first kappa shape index (κ1) is 15.2. The maximum atomic E-state index is 6.53. The fourth-order valence-electron chi connectivity index (χ4n) is 3.53. The van der Waals surface area contributed by atoms with Gasteiger partial charge in [0.05, 0.1) is 0 Å². The Balaban J connectivity index is 1.65. The second-order valence-electron chi connectivity index (χ2n) is 6.50. The molecule has 1 atom stereocenters. The molecular formula is C22H23NO. The zero-order valence-corrected chi connectivity index (χ0v) is 13.9. The Morgan fingerprint density at radius 1 is 0.792 bits per heavy atom. The monoisotopic (exact) mass is 317 g/mol. The second kappa shape index (κ2) is 7.06. The lowest BCUT2D eigenvalue weighted by molar-refractivity contribution is 0.150. The van der Waals surface area contributed by atoms with Crippen molar-refractivity contribution in [3.05, 3.63) is 78.4 Å². The molecule has 2 nitrogen and oxygen atoms in total. The molecule has 0 N–H and O–H groups in total. The molecular weight excluding hydrogens is 294 g/mol. The molecule has 1 aliphatic heterocycles. The first-order valence-electron chi connectivity index (χ1n) is 8.82. The smallest absolute Gasteiger partial charge is 0.136 e. The van der Waals surface area contributed by atoms with Crippen LogP contribution in [0, 0.1) is 0 Å². The third-order valence-electron chi connectivity index (χ3n) is 4.81. The number of rotatable bonds is 5. The predicted molar refractivity (Wildman–Crippen MR) is 99.4 cm³/mol. The minimum atomic E-state index is 0.0649. The Kier molecular flexibility index (Phi) is 4.48. The highest BCUT2D eigenvalue weighted by Gasteiger charge is 2.21. The number of benzene rings is 3. The van der Waals surface area contributed by atoms with Crippen molar-refractivity contribution in [3.63, 3.8) is 0 Å². The molecule has 3 aromatic rings. The van der Waals surface area contributed by atoms with E-state index in [9.17, 15) is 0 Å². The standard InChI is InChI=1S/C22H23NO/c1-2-10-19(11-3-1)22(17-23-15-6-7-16-23)24-21-14-8-12-18-9-4-5-13-20(18)21/h1-5,8-14,22H,6-7,15-17H2. The highest BCUT2D eigenvalue weighted by molar-refractivity contribution is 5.88. The van der Waals surface area contributed by atoms with Gasteiger partial charge in [-0.2, -0.15) is 0 Å². The van der Waals surface area contributed by atoms with Crippen LogP contribution in [0.5, 0.6) is 5.75 Å². The highest BCUT2D eigenvalue weighted by Crippen LogP contribution is 2.30.